The summed E-state index contributed by atoms with van der Waals surface area (Å²) in [6.45, 7) is 3.48. The van der Waals surface area contributed by atoms with Crippen molar-refractivity contribution in [2.24, 2.45) is 0 Å². The number of anilines is 1. The van der Waals surface area contributed by atoms with Crippen molar-refractivity contribution in [3.63, 3.8) is 0 Å². The smallest absolute Gasteiger partial charge is 0.295 e. The molecule has 9 nitrogen and oxygen atoms in total. The first-order chi connectivity index (χ1) is 14.5. The summed E-state index contributed by atoms with van der Waals surface area (Å²) in [6.07, 6.45) is 2.29. The van der Waals surface area contributed by atoms with E-state index in [1.165, 1.54) is 6.07 Å². The van der Waals surface area contributed by atoms with Gasteiger partial charge in [0.15, 0.2) is 5.43 Å². The second-order valence-electron chi connectivity index (χ2n) is 7.06. The molecule has 0 atom stereocenters. The van der Waals surface area contributed by atoms with E-state index in [0.717, 1.165) is 12.8 Å². The number of nitro benzene ring substituents is 1. The first-order valence-electron chi connectivity index (χ1n) is 9.97. The number of pyridine rings is 1. The molecular weight excluding hydrogens is 388 g/mol. The molecule has 5 N–H and O–H groups in total. The molecule has 0 aliphatic carbocycles. The Kier molecular flexibility index (Phi) is 6.86. The molecule has 3 rings (SSSR count). The minimum absolute atomic E-state index is 0.0114. The number of nitrogens with one attached hydrogen (secondary N) is 2. The summed E-state index contributed by atoms with van der Waals surface area (Å²) in [7, 11) is 0. The van der Waals surface area contributed by atoms with Crippen LogP contribution in [0.5, 0.6) is 5.75 Å². The van der Waals surface area contributed by atoms with E-state index in [-0.39, 0.29) is 34.3 Å². The second kappa shape index (κ2) is 9.55. The van der Waals surface area contributed by atoms with Gasteiger partial charge in [-0.3, -0.25) is 14.9 Å². The van der Waals surface area contributed by atoms with Crippen molar-refractivity contribution in [1.29, 1.82) is 0 Å². The summed E-state index contributed by atoms with van der Waals surface area (Å²) in [4.78, 5) is 27.5. The molecule has 0 saturated heterocycles. The van der Waals surface area contributed by atoms with Crippen LogP contribution in [0.15, 0.2) is 29.1 Å². The number of benzene rings is 2. The van der Waals surface area contributed by atoms with Gasteiger partial charge in [0.05, 0.1) is 29.0 Å². The molecule has 3 aromatic rings. The van der Waals surface area contributed by atoms with E-state index in [4.69, 9.17) is 15.6 Å². The number of fused-ring (bicyclic) bond motifs is 2. The summed E-state index contributed by atoms with van der Waals surface area (Å²) in [5.41, 5.74) is 6.93. The zero-order chi connectivity index (χ0) is 21.7. The molecule has 30 heavy (non-hydrogen) atoms. The van der Waals surface area contributed by atoms with Crippen LogP contribution in [0, 0.1) is 10.1 Å². The predicted octanol–water partition coefficient (Wildman–Crippen LogP) is 2.48. The number of non-ortho nitro benzene ring substituents is 1. The van der Waals surface area contributed by atoms with Gasteiger partial charge in [0.25, 0.3) is 5.69 Å². The van der Waals surface area contributed by atoms with Crippen LogP contribution in [0.4, 0.5) is 11.4 Å². The Morgan fingerprint density at radius 2 is 2.10 bits per heavy atom. The molecule has 0 saturated carbocycles. The van der Waals surface area contributed by atoms with Gasteiger partial charge in [-0.15, -0.1) is 0 Å². The summed E-state index contributed by atoms with van der Waals surface area (Å²) >= 11 is 0. The van der Waals surface area contributed by atoms with Crippen molar-refractivity contribution in [1.82, 2.24) is 10.3 Å². The highest BCUT2D eigenvalue weighted by molar-refractivity contribution is 6.01. The molecular formula is C21H26N4O5. The standard InChI is InChI=1S/C21H26N4O5/c1-2-3-10-30-13-4-5-17-15(11-13)21(27)19-14(6-7-23-8-9-26)16(22)12-18(25(28)29)20(19)24-17/h4-5,11-12,23,26H,2-3,6-10,22H2,1H3,(H,24,27). The van der Waals surface area contributed by atoms with Gasteiger partial charge in [0, 0.05) is 23.7 Å². The maximum Gasteiger partial charge on any atom is 0.295 e. The van der Waals surface area contributed by atoms with Crippen LogP contribution in [0.3, 0.4) is 0 Å². The molecule has 1 heterocycles. The largest absolute Gasteiger partial charge is 0.494 e. The van der Waals surface area contributed by atoms with Crippen LogP contribution in [0.25, 0.3) is 21.8 Å². The van der Waals surface area contributed by atoms with Crippen LogP contribution in [0.1, 0.15) is 25.3 Å². The van der Waals surface area contributed by atoms with Crippen LogP contribution in [-0.2, 0) is 6.42 Å². The predicted molar refractivity (Wildman–Crippen MR) is 117 cm³/mol. The third kappa shape index (κ3) is 4.37. The number of H-pyrrole nitrogens is 1. The fourth-order valence-corrected chi connectivity index (χ4v) is 3.45. The van der Waals surface area contributed by atoms with E-state index in [0.29, 0.717) is 48.3 Å². The van der Waals surface area contributed by atoms with Gasteiger partial charge in [-0.2, -0.15) is 0 Å². The van der Waals surface area contributed by atoms with Gasteiger partial charge in [0.1, 0.15) is 11.3 Å². The molecule has 0 amide bonds. The molecule has 2 aromatic carbocycles. The van der Waals surface area contributed by atoms with Crippen molar-refractivity contribution in [3.05, 3.63) is 50.2 Å². The van der Waals surface area contributed by atoms with Crippen molar-refractivity contribution < 1.29 is 14.8 Å². The molecule has 0 aliphatic heterocycles. The average molecular weight is 414 g/mol. The van der Waals surface area contributed by atoms with Gasteiger partial charge in [-0.05, 0) is 43.1 Å². The average Bonchev–Trinajstić information content (AvgIpc) is 2.73. The molecule has 160 valence electrons. The number of nitrogens with zero attached hydrogens (tertiary/aromatic N) is 1. The second-order valence-corrected chi connectivity index (χ2v) is 7.06. The Morgan fingerprint density at radius 1 is 1.30 bits per heavy atom. The number of ether oxygens (including phenoxy) is 1. The molecule has 0 fully saturated rings. The summed E-state index contributed by atoms with van der Waals surface area (Å²) in [5.74, 6) is 0.574. The SMILES string of the molecule is CCCCOc1ccc2[nH]c3c([N+](=O)[O-])cc(N)c(CCNCCO)c3c(=O)c2c1. The highest BCUT2D eigenvalue weighted by atomic mass is 16.6. The summed E-state index contributed by atoms with van der Waals surface area (Å²) in [6, 6.07) is 6.38. The number of aromatic nitrogens is 1. The Bertz CT molecular complexity index is 1130. The number of nitrogen functional groups attached to an aromatic ring is 1. The van der Waals surface area contributed by atoms with Gasteiger partial charge in [0.2, 0.25) is 0 Å². The number of nitro groups is 1. The Hall–Kier alpha value is -3.17. The first-order valence-corrected chi connectivity index (χ1v) is 9.97. The lowest BCUT2D eigenvalue weighted by molar-refractivity contribution is -0.383. The van der Waals surface area contributed by atoms with Crippen LogP contribution in [-0.4, -0.2) is 41.3 Å². The monoisotopic (exact) mass is 414 g/mol. The highest BCUT2D eigenvalue weighted by Crippen LogP contribution is 2.32. The highest BCUT2D eigenvalue weighted by Gasteiger charge is 2.22. The van der Waals surface area contributed by atoms with Crippen LogP contribution >= 0.6 is 0 Å². The summed E-state index contributed by atoms with van der Waals surface area (Å²) in [5, 5.41) is 24.2. The quantitative estimate of drug-likeness (QED) is 0.131. The topological polar surface area (TPSA) is 144 Å². The number of hydrogen-bond acceptors (Lipinski definition) is 7. The number of aliphatic hydroxyl groups excluding tert-OH is 1. The lowest BCUT2D eigenvalue weighted by Gasteiger charge is -2.13. The number of unbranched alkanes of at least 4 members (excludes halogenated alkanes) is 1. The van der Waals surface area contributed by atoms with Crippen molar-refractivity contribution in [3.8, 4) is 5.75 Å². The van der Waals surface area contributed by atoms with Crippen molar-refractivity contribution >= 4 is 33.2 Å². The first kappa shape index (κ1) is 21.5. The fraction of sp³-hybridized carbons (Fsp3) is 0.381. The van der Waals surface area contributed by atoms with Crippen molar-refractivity contribution in [2.75, 3.05) is 32.0 Å². The minimum atomic E-state index is -0.545. The number of rotatable bonds is 10. The maximum absolute atomic E-state index is 13.4. The molecule has 0 bridgehead atoms. The van der Waals surface area contributed by atoms with Crippen LogP contribution < -0.4 is 21.2 Å². The number of hydrogen-bond donors (Lipinski definition) is 4. The van der Waals surface area contributed by atoms with Gasteiger partial charge in [-0.1, -0.05) is 13.3 Å². The van der Waals surface area contributed by atoms with E-state index in [2.05, 4.69) is 17.2 Å². The molecule has 0 unspecified atom stereocenters. The zero-order valence-electron chi connectivity index (χ0n) is 16.9. The fourth-order valence-electron chi connectivity index (χ4n) is 3.45. The maximum atomic E-state index is 13.4. The lowest BCUT2D eigenvalue weighted by atomic mass is 9.99. The lowest BCUT2D eigenvalue weighted by Crippen LogP contribution is -2.22. The van der Waals surface area contributed by atoms with Crippen molar-refractivity contribution in [2.45, 2.75) is 26.2 Å². The molecule has 0 radical (unpaired) electrons. The number of aromatic amines is 1. The number of nitrogens with two attached hydrogens (primary N) is 1. The molecule has 0 aliphatic rings. The van der Waals surface area contributed by atoms with E-state index in [1.807, 2.05) is 0 Å². The van der Waals surface area contributed by atoms with Gasteiger partial charge in [-0.25, -0.2) is 0 Å². The normalized spacial score (nSPS) is 11.3. The third-order valence-corrected chi connectivity index (χ3v) is 4.97. The molecule has 1 aromatic heterocycles. The van der Waals surface area contributed by atoms with Gasteiger partial charge >= 0.3 is 0 Å². The molecule has 0 spiro atoms. The Labute approximate surface area is 173 Å². The zero-order valence-corrected chi connectivity index (χ0v) is 16.9. The van der Waals surface area contributed by atoms with E-state index >= 15 is 0 Å². The van der Waals surface area contributed by atoms with Crippen LogP contribution in [0.2, 0.25) is 0 Å². The Balaban J connectivity index is 2.19. The minimum Gasteiger partial charge on any atom is -0.494 e. The summed E-state index contributed by atoms with van der Waals surface area (Å²) < 4.78 is 5.71. The van der Waals surface area contributed by atoms with E-state index < -0.39 is 4.92 Å². The number of aliphatic hydroxyl groups is 1. The van der Waals surface area contributed by atoms with Gasteiger partial charge < -0.3 is 25.9 Å². The molecule has 9 heteroatoms. The Morgan fingerprint density at radius 3 is 2.80 bits per heavy atom. The van der Waals surface area contributed by atoms with E-state index in [1.54, 1.807) is 18.2 Å². The van der Waals surface area contributed by atoms with E-state index in [9.17, 15) is 14.9 Å². The third-order valence-electron chi connectivity index (χ3n) is 4.97.